The van der Waals surface area contributed by atoms with Gasteiger partial charge < -0.3 is 10.4 Å². The summed E-state index contributed by atoms with van der Waals surface area (Å²) in [5.41, 5.74) is 1.51. The molecule has 0 bridgehead atoms. The number of nitrogens with one attached hydrogen (secondary N) is 1. The van der Waals surface area contributed by atoms with E-state index in [1.54, 1.807) is 12.1 Å². The van der Waals surface area contributed by atoms with Gasteiger partial charge >= 0.3 is 5.97 Å². The average Bonchev–Trinajstić information content (AvgIpc) is 2.73. The lowest BCUT2D eigenvalue weighted by Gasteiger charge is -2.10. The van der Waals surface area contributed by atoms with Crippen LogP contribution in [-0.2, 0) is 0 Å². The summed E-state index contributed by atoms with van der Waals surface area (Å²) in [6.45, 7) is 0. The summed E-state index contributed by atoms with van der Waals surface area (Å²) in [7, 11) is 0. The molecule has 3 aromatic rings. The Kier molecular flexibility index (Phi) is 5.80. The Morgan fingerprint density at radius 1 is 0.897 bits per heavy atom. The second-order valence-corrected chi connectivity index (χ2v) is 6.12. The highest BCUT2D eigenvalue weighted by Gasteiger charge is 2.16. The largest absolute Gasteiger partial charge is 0.478 e. The first-order valence-electron chi connectivity index (χ1n) is 8.60. The van der Waals surface area contributed by atoms with Gasteiger partial charge in [0.1, 0.15) is 0 Å². The van der Waals surface area contributed by atoms with Crippen molar-refractivity contribution >= 4 is 35.4 Å². The highest BCUT2D eigenvalue weighted by Crippen LogP contribution is 2.22. The van der Waals surface area contributed by atoms with Gasteiger partial charge in [-0.1, -0.05) is 54.6 Å². The molecule has 7 nitrogen and oxygen atoms in total. The second kappa shape index (κ2) is 8.62. The van der Waals surface area contributed by atoms with Crippen LogP contribution >= 0.6 is 0 Å². The fraction of sp³-hybridized carbons (Fsp3) is 0. The van der Waals surface area contributed by atoms with Crippen LogP contribution in [0.1, 0.15) is 31.8 Å². The number of carboxylic acid groups (broad SMARTS) is 1. The Bertz CT molecular complexity index is 1110. The van der Waals surface area contributed by atoms with Crippen molar-refractivity contribution < 1.29 is 19.6 Å². The van der Waals surface area contributed by atoms with Crippen molar-refractivity contribution in [2.45, 2.75) is 0 Å². The summed E-state index contributed by atoms with van der Waals surface area (Å²) >= 11 is 0. The smallest absolute Gasteiger partial charge is 0.337 e. The van der Waals surface area contributed by atoms with Crippen LogP contribution in [0, 0.1) is 10.1 Å². The second-order valence-electron chi connectivity index (χ2n) is 6.12. The van der Waals surface area contributed by atoms with Crippen molar-refractivity contribution in [2.75, 3.05) is 5.32 Å². The van der Waals surface area contributed by atoms with E-state index in [-0.39, 0.29) is 22.5 Å². The Balaban J connectivity index is 1.89. The zero-order valence-electron chi connectivity index (χ0n) is 15.1. The molecule has 2 N–H and O–H groups in total. The predicted octanol–water partition coefficient (Wildman–Crippen LogP) is 4.72. The first kappa shape index (κ1) is 19.5. The van der Waals surface area contributed by atoms with Gasteiger partial charge in [0.2, 0.25) is 0 Å². The van der Waals surface area contributed by atoms with Crippen molar-refractivity contribution in [1.82, 2.24) is 0 Å². The number of non-ortho nitro benzene ring substituents is 1. The minimum absolute atomic E-state index is 0.0563. The van der Waals surface area contributed by atoms with E-state index < -0.39 is 16.8 Å². The summed E-state index contributed by atoms with van der Waals surface area (Å²) in [5, 5.41) is 22.8. The topological polar surface area (TPSA) is 110 Å². The number of carboxylic acids is 1. The van der Waals surface area contributed by atoms with Crippen LogP contribution in [-0.4, -0.2) is 21.9 Å². The number of carbonyl (C=O) groups excluding carboxylic acids is 1. The standard InChI is InChI=1S/C22H16N2O5/c25-21(17-7-4-8-18(14-17)24(28)29)23-20-13-16(11-12-19(20)22(26)27)10-9-15-5-2-1-3-6-15/h1-14H,(H,23,25)(H,26,27). The molecule has 7 heteroatoms. The summed E-state index contributed by atoms with van der Waals surface area (Å²) in [6.07, 6.45) is 3.66. The van der Waals surface area contributed by atoms with E-state index in [0.29, 0.717) is 5.56 Å². The number of amides is 1. The van der Waals surface area contributed by atoms with Gasteiger partial charge in [-0.05, 0) is 29.3 Å². The van der Waals surface area contributed by atoms with Crippen molar-refractivity contribution in [3.05, 3.63) is 105 Å². The lowest BCUT2D eigenvalue weighted by atomic mass is 10.1. The van der Waals surface area contributed by atoms with Crippen LogP contribution < -0.4 is 5.32 Å². The fourth-order valence-electron chi connectivity index (χ4n) is 2.67. The average molecular weight is 388 g/mol. The van der Waals surface area contributed by atoms with Crippen LogP contribution in [0.25, 0.3) is 12.2 Å². The van der Waals surface area contributed by atoms with Crippen molar-refractivity contribution in [3.8, 4) is 0 Å². The van der Waals surface area contributed by atoms with E-state index in [9.17, 15) is 24.8 Å². The van der Waals surface area contributed by atoms with Crippen LogP contribution in [0.15, 0.2) is 72.8 Å². The molecular weight excluding hydrogens is 372 g/mol. The van der Waals surface area contributed by atoms with E-state index in [0.717, 1.165) is 11.6 Å². The van der Waals surface area contributed by atoms with Crippen LogP contribution in [0.2, 0.25) is 0 Å². The number of anilines is 1. The number of rotatable bonds is 6. The summed E-state index contributed by atoms with van der Waals surface area (Å²) in [5.74, 6) is -1.83. The quantitative estimate of drug-likeness (QED) is 0.361. The summed E-state index contributed by atoms with van der Waals surface area (Å²) in [6, 6.07) is 19.3. The molecule has 0 fully saturated rings. The van der Waals surface area contributed by atoms with Gasteiger partial charge in [0.25, 0.3) is 11.6 Å². The highest BCUT2D eigenvalue weighted by atomic mass is 16.6. The Morgan fingerprint density at radius 2 is 1.62 bits per heavy atom. The molecule has 144 valence electrons. The molecule has 0 aliphatic carbocycles. The van der Waals surface area contributed by atoms with Gasteiger partial charge in [-0.25, -0.2) is 4.79 Å². The Morgan fingerprint density at radius 3 is 2.31 bits per heavy atom. The van der Waals surface area contributed by atoms with Crippen LogP contribution in [0.5, 0.6) is 0 Å². The van der Waals surface area contributed by atoms with Gasteiger partial charge in [0, 0.05) is 17.7 Å². The first-order valence-corrected chi connectivity index (χ1v) is 8.60. The lowest BCUT2D eigenvalue weighted by molar-refractivity contribution is -0.384. The molecule has 0 saturated carbocycles. The molecule has 0 atom stereocenters. The van der Waals surface area contributed by atoms with Crippen LogP contribution in [0.3, 0.4) is 0 Å². The van der Waals surface area contributed by atoms with E-state index in [2.05, 4.69) is 5.32 Å². The molecule has 1 amide bonds. The van der Waals surface area contributed by atoms with E-state index >= 15 is 0 Å². The molecule has 0 unspecified atom stereocenters. The number of hydrogen-bond acceptors (Lipinski definition) is 4. The van der Waals surface area contributed by atoms with E-state index in [1.807, 2.05) is 36.4 Å². The molecule has 0 heterocycles. The fourth-order valence-corrected chi connectivity index (χ4v) is 2.67. The monoisotopic (exact) mass is 388 g/mol. The van der Waals surface area contributed by atoms with Gasteiger partial charge in [0.05, 0.1) is 16.2 Å². The predicted molar refractivity (Wildman–Crippen MR) is 110 cm³/mol. The third-order valence-corrected chi connectivity index (χ3v) is 4.11. The lowest BCUT2D eigenvalue weighted by Crippen LogP contribution is -2.15. The number of hydrogen-bond donors (Lipinski definition) is 2. The molecule has 3 aromatic carbocycles. The number of aromatic carboxylic acids is 1. The van der Waals surface area contributed by atoms with E-state index in [4.69, 9.17) is 0 Å². The first-order chi connectivity index (χ1) is 13.9. The maximum absolute atomic E-state index is 12.5. The highest BCUT2D eigenvalue weighted by molar-refractivity contribution is 6.08. The maximum atomic E-state index is 12.5. The maximum Gasteiger partial charge on any atom is 0.337 e. The molecule has 0 spiro atoms. The van der Waals surface area contributed by atoms with E-state index in [1.165, 1.54) is 30.3 Å². The molecule has 3 rings (SSSR count). The zero-order chi connectivity index (χ0) is 20.8. The van der Waals surface area contributed by atoms with Crippen molar-refractivity contribution in [2.24, 2.45) is 0 Å². The van der Waals surface area contributed by atoms with Gasteiger partial charge in [-0.15, -0.1) is 0 Å². The van der Waals surface area contributed by atoms with Crippen molar-refractivity contribution in [3.63, 3.8) is 0 Å². The number of carbonyl (C=O) groups is 2. The number of nitro benzene ring substituents is 1. The third-order valence-electron chi connectivity index (χ3n) is 4.11. The molecule has 0 aromatic heterocycles. The number of benzene rings is 3. The van der Waals surface area contributed by atoms with Gasteiger partial charge in [0.15, 0.2) is 0 Å². The van der Waals surface area contributed by atoms with Crippen LogP contribution in [0.4, 0.5) is 11.4 Å². The number of nitro groups is 1. The minimum atomic E-state index is -1.20. The summed E-state index contributed by atoms with van der Waals surface area (Å²) in [4.78, 5) is 34.3. The zero-order valence-corrected chi connectivity index (χ0v) is 15.1. The Labute approximate surface area is 166 Å². The normalized spacial score (nSPS) is 10.6. The Hall–Kier alpha value is -4.26. The molecule has 0 saturated heterocycles. The molecule has 0 aliphatic heterocycles. The van der Waals surface area contributed by atoms with Gasteiger partial charge in [-0.3, -0.25) is 14.9 Å². The molecular formula is C22H16N2O5. The minimum Gasteiger partial charge on any atom is -0.478 e. The van der Waals surface area contributed by atoms with Crippen molar-refractivity contribution in [1.29, 1.82) is 0 Å². The van der Waals surface area contributed by atoms with Gasteiger partial charge in [-0.2, -0.15) is 0 Å². The molecule has 0 aliphatic rings. The summed E-state index contributed by atoms with van der Waals surface area (Å²) < 4.78 is 0. The number of nitrogens with zero attached hydrogens (tertiary/aromatic N) is 1. The third kappa shape index (κ3) is 4.92. The SMILES string of the molecule is O=C(Nc1cc(C=Cc2ccccc2)ccc1C(=O)O)c1cccc([N+](=O)[O-])c1. The molecule has 0 radical (unpaired) electrons. The molecule has 29 heavy (non-hydrogen) atoms.